The highest BCUT2D eigenvalue weighted by molar-refractivity contribution is 9.10. The second kappa shape index (κ2) is 7.68. The highest BCUT2D eigenvalue weighted by Gasteiger charge is 2.18. The summed E-state index contributed by atoms with van der Waals surface area (Å²) in [6, 6.07) is -0.476. The third kappa shape index (κ3) is 5.77. The number of rotatable bonds is 6. The summed E-state index contributed by atoms with van der Waals surface area (Å²) < 4.78 is 0. The molecule has 15 heavy (non-hydrogen) atoms. The molecule has 0 aliphatic rings. The highest BCUT2D eigenvalue weighted by atomic mass is 79.9. The van der Waals surface area contributed by atoms with Gasteiger partial charge in [-0.05, 0) is 19.8 Å². The highest BCUT2D eigenvalue weighted by Crippen LogP contribution is 2.04. The lowest BCUT2D eigenvalue weighted by molar-refractivity contribution is -0.128. The predicted octanol–water partition coefficient (Wildman–Crippen LogP) is 1.19. The van der Waals surface area contributed by atoms with Crippen LogP contribution in [0.1, 0.15) is 33.6 Å². The van der Waals surface area contributed by atoms with Crippen molar-refractivity contribution in [2.75, 3.05) is 6.54 Å². The van der Waals surface area contributed by atoms with Crippen LogP contribution >= 0.6 is 15.9 Å². The summed E-state index contributed by atoms with van der Waals surface area (Å²) in [6.07, 6.45) is 1.59. The largest absolute Gasteiger partial charge is 0.354 e. The fourth-order valence-electron chi connectivity index (χ4n) is 0.956. The molecule has 2 N–H and O–H groups in total. The van der Waals surface area contributed by atoms with Crippen LogP contribution in [0.4, 0.5) is 0 Å². The van der Waals surface area contributed by atoms with Gasteiger partial charge in [0.1, 0.15) is 6.04 Å². The van der Waals surface area contributed by atoms with Crippen molar-refractivity contribution in [3.8, 4) is 0 Å². The Labute approximate surface area is 99.3 Å². The van der Waals surface area contributed by atoms with Gasteiger partial charge in [0.05, 0.1) is 4.83 Å². The summed E-state index contributed by atoms with van der Waals surface area (Å²) in [5, 5.41) is 5.37. The average molecular weight is 279 g/mol. The molecule has 0 aromatic rings. The number of hydrogen-bond donors (Lipinski definition) is 2. The summed E-state index contributed by atoms with van der Waals surface area (Å²) in [5.41, 5.74) is 0. The molecule has 0 aromatic heterocycles. The first kappa shape index (κ1) is 14.4. The van der Waals surface area contributed by atoms with E-state index in [1.807, 2.05) is 13.8 Å². The molecule has 0 heterocycles. The van der Waals surface area contributed by atoms with Crippen LogP contribution in [0.15, 0.2) is 0 Å². The van der Waals surface area contributed by atoms with E-state index in [-0.39, 0.29) is 16.6 Å². The van der Waals surface area contributed by atoms with Gasteiger partial charge in [-0.25, -0.2) is 0 Å². The van der Waals surface area contributed by atoms with E-state index in [4.69, 9.17) is 0 Å². The molecule has 2 unspecified atom stereocenters. The standard InChI is InChI=1S/C10H19BrN2O2/c1-4-6-12-9(14)7(3)13-10(15)8(11)5-2/h7-8H,4-6H2,1-3H3,(H,12,14)(H,13,15). The maximum absolute atomic E-state index is 11.4. The van der Waals surface area contributed by atoms with E-state index in [1.54, 1.807) is 6.92 Å². The summed E-state index contributed by atoms with van der Waals surface area (Å²) in [5.74, 6) is -0.280. The molecule has 5 heteroatoms. The third-order valence-corrected chi connectivity index (χ3v) is 3.01. The molecule has 0 aromatic carbocycles. The van der Waals surface area contributed by atoms with E-state index in [0.29, 0.717) is 13.0 Å². The van der Waals surface area contributed by atoms with Crippen LogP contribution in [0.2, 0.25) is 0 Å². The number of alkyl halides is 1. The van der Waals surface area contributed by atoms with E-state index in [1.165, 1.54) is 0 Å². The maximum atomic E-state index is 11.4. The lowest BCUT2D eigenvalue weighted by Crippen LogP contribution is -2.47. The molecule has 88 valence electrons. The van der Waals surface area contributed by atoms with Gasteiger partial charge in [-0.2, -0.15) is 0 Å². The Morgan fingerprint density at radius 1 is 1.27 bits per heavy atom. The van der Waals surface area contributed by atoms with Gasteiger partial charge in [0, 0.05) is 6.54 Å². The lowest BCUT2D eigenvalue weighted by atomic mass is 10.2. The second-order valence-corrected chi connectivity index (χ2v) is 4.50. The van der Waals surface area contributed by atoms with Gasteiger partial charge in [0.15, 0.2) is 0 Å². The van der Waals surface area contributed by atoms with Crippen LogP contribution in [0.5, 0.6) is 0 Å². The van der Waals surface area contributed by atoms with Gasteiger partial charge in [-0.1, -0.05) is 29.8 Å². The van der Waals surface area contributed by atoms with Gasteiger partial charge in [-0.3, -0.25) is 9.59 Å². The monoisotopic (exact) mass is 278 g/mol. The van der Waals surface area contributed by atoms with Crippen LogP contribution in [0.3, 0.4) is 0 Å². The maximum Gasteiger partial charge on any atom is 0.242 e. The topological polar surface area (TPSA) is 58.2 Å². The fraction of sp³-hybridized carbons (Fsp3) is 0.800. The van der Waals surface area contributed by atoms with Crippen LogP contribution in [-0.4, -0.2) is 29.2 Å². The Balaban J connectivity index is 3.95. The Morgan fingerprint density at radius 3 is 2.33 bits per heavy atom. The zero-order valence-corrected chi connectivity index (χ0v) is 11.1. The fourth-order valence-corrected chi connectivity index (χ4v) is 1.09. The van der Waals surface area contributed by atoms with Crippen LogP contribution in [-0.2, 0) is 9.59 Å². The van der Waals surface area contributed by atoms with Crippen molar-refractivity contribution in [2.24, 2.45) is 0 Å². The van der Waals surface area contributed by atoms with Crippen LogP contribution in [0.25, 0.3) is 0 Å². The van der Waals surface area contributed by atoms with Gasteiger partial charge < -0.3 is 10.6 Å². The van der Waals surface area contributed by atoms with E-state index in [9.17, 15) is 9.59 Å². The van der Waals surface area contributed by atoms with Gasteiger partial charge >= 0.3 is 0 Å². The van der Waals surface area contributed by atoms with Crippen molar-refractivity contribution < 1.29 is 9.59 Å². The molecule has 0 rings (SSSR count). The van der Waals surface area contributed by atoms with Crippen LogP contribution in [0, 0.1) is 0 Å². The molecule has 0 spiro atoms. The zero-order chi connectivity index (χ0) is 11.8. The minimum atomic E-state index is -0.476. The lowest BCUT2D eigenvalue weighted by Gasteiger charge is -2.15. The SMILES string of the molecule is CCCNC(=O)C(C)NC(=O)C(Br)CC. The molecule has 4 nitrogen and oxygen atoms in total. The number of carbonyl (C=O) groups excluding carboxylic acids is 2. The van der Waals surface area contributed by atoms with Crippen molar-refractivity contribution in [1.82, 2.24) is 10.6 Å². The second-order valence-electron chi connectivity index (χ2n) is 3.40. The predicted molar refractivity (Wildman–Crippen MR) is 63.9 cm³/mol. The first-order chi connectivity index (χ1) is 7.02. The molecule has 0 saturated carbocycles. The van der Waals surface area contributed by atoms with E-state index >= 15 is 0 Å². The molecule has 0 bridgehead atoms. The first-order valence-corrected chi connectivity index (χ1v) is 6.16. The molecular formula is C10H19BrN2O2. The van der Waals surface area contributed by atoms with E-state index in [2.05, 4.69) is 26.6 Å². The Kier molecular flexibility index (Phi) is 7.38. The zero-order valence-electron chi connectivity index (χ0n) is 9.47. The summed E-state index contributed by atoms with van der Waals surface area (Å²) in [7, 11) is 0. The third-order valence-electron chi connectivity index (χ3n) is 1.94. The first-order valence-electron chi connectivity index (χ1n) is 5.25. The number of hydrogen-bond acceptors (Lipinski definition) is 2. The Hall–Kier alpha value is -0.580. The van der Waals surface area contributed by atoms with Gasteiger partial charge in [0.25, 0.3) is 0 Å². The number of carbonyl (C=O) groups is 2. The normalized spacial score (nSPS) is 14.1. The van der Waals surface area contributed by atoms with Crippen molar-refractivity contribution in [1.29, 1.82) is 0 Å². The average Bonchev–Trinajstić information content (AvgIpc) is 2.24. The molecule has 0 aliphatic heterocycles. The van der Waals surface area contributed by atoms with E-state index < -0.39 is 6.04 Å². The quantitative estimate of drug-likeness (QED) is 0.718. The number of halogens is 1. The van der Waals surface area contributed by atoms with Crippen molar-refractivity contribution in [3.63, 3.8) is 0 Å². The van der Waals surface area contributed by atoms with Crippen molar-refractivity contribution in [3.05, 3.63) is 0 Å². The number of nitrogens with one attached hydrogen (secondary N) is 2. The molecular weight excluding hydrogens is 260 g/mol. The molecule has 2 amide bonds. The Bertz CT molecular complexity index is 221. The molecule has 0 fully saturated rings. The smallest absolute Gasteiger partial charge is 0.242 e. The number of amides is 2. The minimum Gasteiger partial charge on any atom is -0.354 e. The van der Waals surface area contributed by atoms with Gasteiger partial charge in [0.2, 0.25) is 11.8 Å². The van der Waals surface area contributed by atoms with Crippen LogP contribution < -0.4 is 10.6 Å². The molecule has 2 atom stereocenters. The summed E-state index contributed by atoms with van der Waals surface area (Å²) in [6.45, 7) is 6.21. The van der Waals surface area contributed by atoms with E-state index in [0.717, 1.165) is 6.42 Å². The summed E-state index contributed by atoms with van der Waals surface area (Å²) in [4.78, 5) is 22.6. The Morgan fingerprint density at radius 2 is 1.87 bits per heavy atom. The molecule has 0 saturated heterocycles. The van der Waals surface area contributed by atoms with Crippen molar-refractivity contribution in [2.45, 2.75) is 44.5 Å². The van der Waals surface area contributed by atoms with Crippen molar-refractivity contribution >= 4 is 27.7 Å². The summed E-state index contributed by atoms with van der Waals surface area (Å²) >= 11 is 3.23. The molecule has 0 aliphatic carbocycles. The van der Waals surface area contributed by atoms with Gasteiger partial charge in [-0.15, -0.1) is 0 Å². The molecule has 0 radical (unpaired) electrons. The minimum absolute atomic E-state index is 0.138.